The molecule has 0 aromatic heterocycles. The molecule has 1 amide bonds. The largest absolute Gasteiger partial charge is 0.444 e. The molecule has 0 aliphatic carbocycles. The van der Waals surface area contributed by atoms with Gasteiger partial charge in [-0.2, -0.15) is 0 Å². The summed E-state index contributed by atoms with van der Waals surface area (Å²) >= 11 is 0. The van der Waals surface area contributed by atoms with Gasteiger partial charge in [-0.25, -0.2) is 9.79 Å². The SMILES string of the molecule is CN1CCN(Cc2ccc(CN=C(N)N3CCN(C(=O)OC(C)(C)C)CC3)cc2)CC1.I. The normalized spacial score (nSPS) is 18.9. The number of benzene rings is 1. The van der Waals surface area contributed by atoms with Crippen molar-refractivity contribution in [2.45, 2.75) is 39.5 Å². The van der Waals surface area contributed by atoms with Crippen LogP contribution in [0.4, 0.5) is 4.79 Å². The highest BCUT2D eigenvalue weighted by molar-refractivity contribution is 14.0. The van der Waals surface area contributed by atoms with Crippen LogP contribution in [0.15, 0.2) is 29.3 Å². The van der Waals surface area contributed by atoms with Gasteiger partial charge in [0, 0.05) is 58.9 Å². The van der Waals surface area contributed by atoms with E-state index in [1.807, 2.05) is 25.7 Å². The predicted molar refractivity (Wildman–Crippen MR) is 139 cm³/mol. The minimum Gasteiger partial charge on any atom is -0.444 e. The first-order valence-electron chi connectivity index (χ1n) is 11.2. The number of aliphatic imine (C=N–C) groups is 1. The summed E-state index contributed by atoms with van der Waals surface area (Å²) in [7, 11) is 2.18. The van der Waals surface area contributed by atoms with Crippen molar-refractivity contribution in [3.8, 4) is 0 Å². The number of nitrogens with two attached hydrogens (primary N) is 1. The van der Waals surface area contributed by atoms with Crippen molar-refractivity contribution in [1.82, 2.24) is 19.6 Å². The number of carbonyl (C=O) groups is 1. The summed E-state index contributed by atoms with van der Waals surface area (Å²) in [6.07, 6.45) is -0.265. The molecule has 3 rings (SSSR count). The fourth-order valence-corrected chi connectivity index (χ4v) is 3.73. The van der Waals surface area contributed by atoms with Gasteiger partial charge in [-0.05, 0) is 38.9 Å². The second kappa shape index (κ2) is 12.0. The third-order valence-electron chi connectivity index (χ3n) is 5.70. The lowest BCUT2D eigenvalue weighted by Gasteiger charge is -2.36. The van der Waals surface area contributed by atoms with Crippen molar-refractivity contribution < 1.29 is 9.53 Å². The first kappa shape index (κ1) is 26.7. The minimum absolute atomic E-state index is 0. The maximum Gasteiger partial charge on any atom is 0.410 e. The number of hydrogen-bond donors (Lipinski definition) is 1. The molecular weight excluding hydrogens is 519 g/mol. The number of hydrogen-bond acceptors (Lipinski definition) is 5. The van der Waals surface area contributed by atoms with Gasteiger partial charge in [0.05, 0.1) is 6.54 Å². The molecule has 8 nitrogen and oxygen atoms in total. The fraction of sp³-hybridized carbons (Fsp3) is 0.652. The maximum absolute atomic E-state index is 12.2. The Morgan fingerprint density at radius 3 is 2.03 bits per heavy atom. The van der Waals surface area contributed by atoms with Gasteiger partial charge < -0.3 is 25.2 Å². The van der Waals surface area contributed by atoms with Gasteiger partial charge >= 0.3 is 6.09 Å². The van der Waals surface area contributed by atoms with Crippen LogP contribution in [0.3, 0.4) is 0 Å². The van der Waals surface area contributed by atoms with Crippen LogP contribution in [0.25, 0.3) is 0 Å². The summed E-state index contributed by atoms with van der Waals surface area (Å²) in [5, 5.41) is 0. The number of nitrogens with zero attached hydrogens (tertiary/aromatic N) is 5. The first-order valence-corrected chi connectivity index (χ1v) is 11.2. The van der Waals surface area contributed by atoms with Crippen LogP contribution in [0, 0.1) is 0 Å². The predicted octanol–water partition coefficient (Wildman–Crippen LogP) is 2.42. The average Bonchev–Trinajstić information content (AvgIpc) is 2.73. The molecule has 2 heterocycles. The van der Waals surface area contributed by atoms with E-state index in [1.165, 1.54) is 5.56 Å². The number of guanidine groups is 1. The number of ether oxygens (including phenoxy) is 1. The smallest absolute Gasteiger partial charge is 0.410 e. The molecule has 9 heteroatoms. The molecule has 1 aromatic carbocycles. The van der Waals surface area contributed by atoms with Gasteiger partial charge in [0.15, 0.2) is 5.96 Å². The third-order valence-corrected chi connectivity index (χ3v) is 5.70. The van der Waals surface area contributed by atoms with E-state index in [-0.39, 0.29) is 30.1 Å². The number of halogens is 1. The molecule has 2 fully saturated rings. The lowest BCUT2D eigenvalue weighted by molar-refractivity contribution is 0.0186. The second-order valence-electron chi connectivity index (χ2n) is 9.52. The fourth-order valence-electron chi connectivity index (χ4n) is 3.73. The minimum atomic E-state index is -0.477. The molecule has 0 atom stereocenters. The Bertz CT molecular complexity index is 749. The third kappa shape index (κ3) is 8.40. The molecule has 0 radical (unpaired) electrons. The molecule has 180 valence electrons. The molecular formula is C23H39IN6O2. The van der Waals surface area contributed by atoms with E-state index in [4.69, 9.17) is 10.5 Å². The number of rotatable bonds is 4. The van der Waals surface area contributed by atoms with Crippen LogP contribution in [-0.4, -0.2) is 96.7 Å². The van der Waals surface area contributed by atoms with Crippen LogP contribution in [0.1, 0.15) is 31.9 Å². The summed E-state index contributed by atoms with van der Waals surface area (Å²) in [5.74, 6) is 0.533. The van der Waals surface area contributed by atoms with Crippen molar-refractivity contribution in [3.05, 3.63) is 35.4 Å². The van der Waals surface area contributed by atoms with E-state index in [0.29, 0.717) is 38.7 Å². The lowest BCUT2D eigenvalue weighted by atomic mass is 10.1. The molecule has 2 aliphatic heterocycles. The average molecular weight is 559 g/mol. The summed E-state index contributed by atoms with van der Waals surface area (Å²) in [6, 6.07) is 8.67. The highest BCUT2D eigenvalue weighted by atomic mass is 127. The lowest BCUT2D eigenvalue weighted by Crippen LogP contribution is -2.53. The monoisotopic (exact) mass is 558 g/mol. The zero-order valence-electron chi connectivity index (χ0n) is 19.9. The Labute approximate surface area is 209 Å². The summed E-state index contributed by atoms with van der Waals surface area (Å²) in [4.78, 5) is 25.4. The van der Waals surface area contributed by atoms with Gasteiger partial charge in [0.25, 0.3) is 0 Å². The summed E-state index contributed by atoms with van der Waals surface area (Å²) in [6.45, 7) is 14.2. The van der Waals surface area contributed by atoms with E-state index in [0.717, 1.165) is 38.3 Å². The molecule has 1 aromatic rings. The number of likely N-dealkylation sites (N-methyl/N-ethyl adjacent to an activating group) is 1. The van der Waals surface area contributed by atoms with Crippen molar-refractivity contribution in [1.29, 1.82) is 0 Å². The Morgan fingerprint density at radius 2 is 1.47 bits per heavy atom. The molecule has 0 saturated carbocycles. The van der Waals surface area contributed by atoms with Crippen LogP contribution in [-0.2, 0) is 17.8 Å². The van der Waals surface area contributed by atoms with Gasteiger partial charge in [0.2, 0.25) is 0 Å². The number of piperazine rings is 2. The number of carbonyl (C=O) groups excluding carboxylic acids is 1. The Balaban J connectivity index is 0.00000363. The zero-order chi connectivity index (χ0) is 22.4. The topological polar surface area (TPSA) is 77.6 Å². The van der Waals surface area contributed by atoms with Gasteiger partial charge in [-0.3, -0.25) is 4.90 Å². The van der Waals surface area contributed by atoms with E-state index in [1.54, 1.807) is 4.90 Å². The molecule has 0 unspecified atom stereocenters. The van der Waals surface area contributed by atoms with Crippen molar-refractivity contribution in [3.63, 3.8) is 0 Å². The van der Waals surface area contributed by atoms with Crippen LogP contribution >= 0.6 is 24.0 Å². The summed E-state index contributed by atoms with van der Waals surface area (Å²) < 4.78 is 5.44. The standard InChI is InChI=1S/C23H38N6O2.HI/c1-23(2,3)31-22(30)29-15-13-28(14-16-29)21(24)25-17-19-5-7-20(8-6-19)18-27-11-9-26(4)10-12-27;/h5-8H,9-18H2,1-4H3,(H2,24,25);1H. The van der Waals surface area contributed by atoms with Crippen LogP contribution < -0.4 is 5.73 Å². The molecule has 32 heavy (non-hydrogen) atoms. The number of amides is 1. The van der Waals surface area contributed by atoms with Crippen molar-refractivity contribution >= 4 is 36.0 Å². The van der Waals surface area contributed by atoms with Crippen LogP contribution in [0.5, 0.6) is 0 Å². The first-order chi connectivity index (χ1) is 14.7. The van der Waals surface area contributed by atoms with E-state index >= 15 is 0 Å². The molecule has 2 N–H and O–H groups in total. The maximum atomic E-state index is 12.2. The highest BCUT2D eigenvalue weighted by Crippen LogP contribution is 2.13. The molecule has 2 saturated heterocycles. The van der Waals surface area contributed by atoms with Gasteiger partial charge in [0.1, 0.15) is 5.60 Å². The second-order valence-corrected chi connectivity index (χ2v) is 9.52. The van der Waals surface area contributed by atoms with Crippen LogP contribution in [0.2, 0.25) is 0 Å². The Kier molecular flexibility index (Phi) is 10.0. The van der Waals surface area contributed by atoms with Crippen molar-refractivity contribution in [2.75, 3.05) is 59.4 Å². The molecule has 2 aliphatic rings. The Hall–Kier alpha value is -1.59. The highest BCUT2D eigenvalue weighted by Gasteiger charge is 2.26. The molecule has 0 bridgehead atoms. The Morgan fingerprint density at radius 1 is 0.938 bits per heavy atom. The van der Waals surface area contributed by atoms with E-state index < -0.39 is 5.60 Å². The molecule has 0 spiro atoms. The van der Waals surface area contributed by atoms with Gasteiger partial charge in [-0.15, -0.1) is 24.0 Å². The van der Waals surface area contributed by atoms with Crippen molar-refractivity contribution in [2.24, 2.45) is 10.7 Å². The quantitative estimate of drug-likeness (QED) is 0.348. The zero-order valence-corrected chi connectivity index (χ0v) is 22.2. The van der Waals surface area contributed by atoms with E-state index in [2.05, 4.69) is 46.1 Å². The van der Waals surface area contributed by atoms with Gasteiger partial charge in [-0.1, -0.05) is 24.3 Å². The van der Waals surface area contributed by atoms with E-state index in [9.17, 15) is 4.79 Å². The summed E-state index contributed by atoms with van der Waals surface area (Å²) in [5.41, 5.74) is 8.22.